The van der Waals surface area contributed by atoms with Gasteiger partial charge in [-0.1, -0.05) is 19.1 Å². The van der Waals surface area contributed by atoms with Crippen LogP contribution in [0.3, 0.4) is 0 Å². The first-order chi connectivity index (χ1) is 10.2. The summed E-state index contributed by atoms with van der Waals surface area (Å²) in [6.07, 6.45) is 2.54. The summed E-state index contributed by atoms with van der Waals surface area (Å²) in [6, 6.07) is 12.4. The largest absolute Gasteiger partial charge is 0.452 e. The maximum Gasteiger partial charge on any atom is 0.189 e. The van der Waals surface area contributed by atoms with Crippen molar-refractivity contribution >= 4 is 16.6 Å². The summed E-state index contributed by atoms with van der Waals surface area (Å²) in [5.74, 6) is 0.158. The number of hydrogen-bond acceptors (Lipinski definition) is 3. The van der Waals surface area contributed by atoms with Crippen LogP contribution < -0.4 is 10.5 Å². The molecule has 0 unspecified atom stereocenters. The van der Waals surface area contributed by atoms with Crippen LogP contribution in [-0.4, -0.2) is 4.98 Å². The molecule has 21 heavy (non-hydrogen) atoms. The summed E-state index contributed by atoms with van der Waals surface area (Å²) in [6.45, 7) is 2.08. The summed E-state index contributed by atoms with van der Waals surface area (Å²) >= 11 is 0. The number of fused-ring (bicyclic) bond motifs is 1. The smallest absolute Gasteiger partial charge is 0.189 e. The van der Waals surface area contributed by atoms with Crippen molar-refractivity contribution in [3.63, 3.8) is 0 Å². The Morgan fingerprint density at radius 2 is 1.95 bits per heavy atom. The first-order valence-electron chi connectivity index (χ1n) is 6.78. The molecule has 4 heteroatoms. The molecule has 2 aromatic carbocycles. The van der Waals surface area contributed by atoms with Crippen LogP contribution in [0.2, 0.25) is 0 Å². The van der Waals surface area contributed by atoms with E-state index in [1.54, 1.807) is 18.3 Å². The number of ether oxygens (including phenoxy) is 1. The lowest BCUT2D eigenvalue weighted by Crippen LogP contribution is -1.96. The van der Waals surface area contributed by atoms with Crippen molar-refractivity contribution in [3.05, 3.63) is 60.0 Å². The Morgan fingerprint density at radius 1 is 1.19 bits per heavy atom. The molecule has 0 radical (unpaired) electrons. The van der Waals surface area contributed by atoms with Gasteiger partial charge in [0.25, 0.3) is 0 Å². The highest BCUT2D eigenvalue weighted by molar-refractivity contribution is 5.94. The highest BCUT2D eigenvalue weighted by atomic mass is 19.1. The third kappa shape index (κ3) is 2.52. The SMILES string of the molecule is CCc1ccc(Oc2c(F)cc(N)c3cccnc23)cc1. The van der Waals surface area contributed by atoms with E-state index in [0.29, 0.717) is 22.3 Å². The van der Waals surface area contributed by atoms with Gasteiger partial charge in [0.05, 0.1) is 0 Å². The van der Waals surface area contributed by atoms with Crippen molar-refractivity contribution in [2.75, 3.05) is 5.73 Å². The number of hydrogen-bond donors (Lipinski definition) is 1. The standard InChI is InChI=1S/C17H15FN2O/c1-2-11-5-7-12(8-6-11)21-17-14(18)10-15(19)13-4-3-9-20-16(13)17/h3-10H,2,19H2,1H3. The average Bonchev–Trinajstić information content (AvgIpc) is 2.52. The number of nitrogen functional groups attached to an aromatic ring is 1. The Bertz CT molecular complexity index is 785. The maximum atomic E-state index is 14.2. The first-order valence-corrected chi connectivity index (χ1v) is 6.78. The molecule has 0 aliphatic heterocycles. The summed E-state index contributed by atoms with van der Waals surface area (Å²) in [7, 11) is 0. The number of nitrogens with two attached hydrogens (primary N) is 1. The Kier molecular flexibility index (Phi) is 3.44. The van der Waals surface area contributed by atoms with E-state index in [9.17, 15) is 4.39 Å². The van der Waals surface area contributed by atoms with Crippen LogP contribution in [-0.2, 0) is 6.42 Å². The van der Waals surface area contributed by atoms with Gasteiger partial charge in [-0.3, -0.25) is 4.98 Å². The lowest BCUT2D eigenvalue weighted by Gasteiger charge is -2.11. The van der Waals surface area contributed by atoms with Crippen LogP contribution in [0.25, 0.3) is 10.9 Å². The van der Waals surface area contributed by atoms with Crippen LogP contribution in [0.1, 0.15) is 12.5 Å². The van der Waals surface area contributed by atoms with Crippen molar-refractivity contribution in [2.24, 2.45) is 0 Å². The lowest BCUT2D eigenvalue weighted by molar-refractivity contribution is 0.447. The molecule has 1 aromatic heterocycles. The molecule has 3 rings (SSSR count). The van der Waals surface area contributed by atoms with Gasteiger partial charge in [-0.2, -0.15) is 0 Å². The average molecular weight is 282 g/mol. The molecule has 0 spiro atoms. The molecule has 106 valence electrons. The van der Waals surface area contributed by atoms with Gasteiger partial charge in [0.1, 0.15) is 11.3 Å². The molecule has 1 heterocycles. The Labute approximate surface area is 122 Å². The third-order valence-corrected chi connectivity index (χ3v) is 3.38. The fourth-order valence-electron chi connectivity index (χ4n) is 2.22. The molecular formula is C17H15FN2O. The minimum atomic E-state index is -0.515. The number of rotatable bonds is 3. The first kappa shape index (κ1) is 13.4. The minimum absolute atomic E-state index is 0.101. The van der Waals surface area contributed by atoms with E-state index in [4.69, 9.17) is 10.5 Å². The molecule has 0 fully saturated rings. The number of benzene rings is 2. The molecule has 3 aromatic rings. The van der Waals surface area contributed by atoms with E-state index in [1.165, 1.54) is 11.6 Å². The van der Waals surface area contributed by atoms with Gasteiger partial charge in [0.15, 0.2) is 11.6 Å². The zero-order valence-electron chi connectivity index (χ0n) is 11.6. The van der Waals surface area contributed by atoms with Gasteiger partial charge < -0.3 is 10.5 Å². The number of anilines is 1. The minimum Gasteiger partial charge on any atom is -0.452 e. The van der Waals surface area contributed by atoms with Gasteiger partial charge >= 0.3 is 0 Å². The fourth-order valence-corrected chi connectivity index (χ4v) is 2.22. The molecule has 3 nitrogen and oxygen atoms in total. The van der Waals surface area contributed by atoms with Crippen LogP contribution in [0.15, 0.2) is 48.7 Å². The Morgan fingerprint density at radius 3 is 2.67 bits per heavy atom. The van der Waals surface area contributed by atoms with Gasteiger partial charge in [-0.05, 0) is 36.2 Å². The van der Waals surface area contributed by atoms with Crippen molar-refractivity contribution < 1.29 is 9.13 Å². The van der Waals surface area contributed by atoms with Gasteiger partial charge in [0.2, 0.25) is 0 Å². The molecular weight excluding hydrogens is 267 g/mol. The summed E-state index contributed by atoms with van der Waals surface area (Å²) in [5.41, 5.74) is 7.80. The predicted octanol–water partition coefficient (Wildman–Crippen LogP) is 4.31. The van der Waals surface area contributed by atoms with Gasteiger partial charge in [0, 0.05) is 23.3 Å². The quantitative estimate of drug-likeness (QED) is 0.728. The molecule has 0 amide bonds. The number of pyridine rings is 1. The summed E-state index contributed by atoms with van der Waals surface area (Å²) < 4.78 is 19.9. The summed E-state index contributed by atoms with van der Waals surface area (Å²) in [4.78, 5) is 4.19. The molecule has 0 aliphatic carbocycles. The van der Waals surface area contributed by atoms with E-state index < -0.39 is 5.82 Å². The highest BCUT2D eigenvalue weighted by Gasteiger charge is 2.14. The van der Waals surface area contributed by atoms with Crippen LogP contribution in [0.4, 0.5) is 10.1 Å². The van der Waals surface area contributed by atoms with Crippen LogP contribution in [0.5, 0.6) is 11.5 Å². The molecule has 0 saturated carbocycles. The van der Waals surface area contributed by atoms with E-state index >= 15 is 0 Å². The van der Waals surface area contributed by atoms with Gasteiger partial charge in [-0.25, -0.2) is 4.39 Å². The maximum absolute atomic E-state index is 14.2. The fraction of sp³-hybridized carbons (Fsp3) is 0.118. The monoisotopic (exact) mass is 282 g/mol. The highest BCUT2D eigenvalue weighted by Crippen LogP contribution is 2.34. The van der Waals surface area contributed by atoms with E-state index in [0.717, 1.165) is 6.42 Å². The topological polar surface area (TPSA) is 48.1 Å². The number of halogens is 1. The van der Waals surface area contributed by atoms with E-state index in [-0.39, 0.29) is 5.75 Å². The van der Waals surface area contributed by atoms with Crippen LogP contribution in [0, 0.1) is 5.82 Å². The predicted molar refractivity (Wildman–Crippen MR) is 82.0 cm³/mol. The summed E-state index contributed by atoms with van der Waals surface area (Å²) in [5, 5.41) is 0.680. The second-order valence-corrected chi connectivity index (χ2v) is 4.78. The zero-order chi connectivity index (χ0) is 14.8. The second-order valence-electron chi connectivity index (χ2n) is 4.78. The Hall–Kier alpha value is -2.62. The zero-order valence-corrected chi connectivity index (χ0v) is 11.6. The van der Waals surface area contributed by atoms with E-state index in [2.05, 4.69) is 11.9 Å². The third-order valence-electron chi connectivity index (χ3n) is 3.38. The van der Waals surface area contributed by atoms with Crippen molar-refractivity contribution in [1.29, 1.82) is 0 Å². The molecule has 2 N–H and O–H groups in total. The Balaban J connectivity index is 2.07. The van der Waals surface area contributed by atoms with Crippen LogP contribution >= 0.6 is 0 Å². The number of aryl methyl sites for hydroxylation is 1. The molecule has 0 bridgehead atoms. The molecule has 0 saturated heterocycles. The van der Waals surface area contributed by atoms with E-state index in [1.807, 2.05) is 24.3 Å². The van der Waals surface area contributed by atoms with Crippen molar-refractivity contribution in [2.45, 2.75) is 13.3 Å². The van der Waals surface area contributed by atoms with Gasteiger partial charge in [-0.15, -0.1) is 0 Å². The molecule has 0 aliphatic rings. The lowest BCUT2D eigenvalue weighted by atomic mass is 10.1. The number of aromatic nitrogens is 1. The molecule has 0 atom stereocenters. The van der Waals surface area contributed by atoms with Crippen molar-refractivity contribution in [3.8, 4) is 11.5 Å². The normalized spacial score (nSPS) is 10.8. The number of nitrogens with zero attached hydrogens (tertiary/aromatic N) is 1. The second kappa shape index (κ2) is 5.40. The van der Waals surface area contributed by atoms with Crippen molar-refractivity contribution in [1.82, 2.24) is 4.98 Å².